The van der Waals surface area contributed by atoms with E-state index < -0.39 is 0 Å². The van der Waals surface area contributed by atoms with E-state index in [-0.39, 0.29) is 12.0 Å². The summed E-state index contributed by atoms with van der Waals surface area (Å²) in [5, 5.41) is 0. The van der Waals surface area contributed by atoms with Crippen molar-refractivity contribution in [3.8, 4) is 0 Å². The molecule has 0 radical (unpaired) electrons. The van der Waals surface area contributed by atoms with Gasteiger partial charge in [0, 0.05) is 25.0 Å². The Labute approximate surface area is 126 Å². The van der Waals surface area contributed by atoms with Crippen LogP contribution in [0.25, 0.3) is 0 Å². The van der Waals surface area contributed by atoms with Gasteiger partial charge in [0.1, 0.15) is 6.04 Å². The van der Waals surface area contributed by atoms with Crippen molar-refractivity contribution in [2.45, 2.75) is 50.6 Å². The second-order valence-electron chi connectivity index (χ2n) is 6.23. The first-order chi connectivity index (χ1) is 10.3. The first-order valence-corrected chi connectivity index (χ1v) is 8.02. The molecule has 1 saturated heterocycles. The van der Waals surface area contributed by atoms with Crippen LogP contribution < -0.4 is 0 Å². The molecule has 1 aliphatic carbocycles. The van der Waals surface area contributed by atoms with E-state index in [1.807, 2.05) is 12.4 Å². The van der Waals surface area contributed by atoms with Crippen LogP contribution in [0.1, 0.15) is 37.7 Å². The maximum Gasteiger partial charge on any atom is 0.323 e. The average Bonchev–Trinajstić information content (AvgIpc) is 2.92. The Balaban J connectivity index is 1.70. The zero-order valence-electron chi connectivity index (χ0n) is 12.7. The van der Waals surface area contributed by atoms with Crippen molar-refractivity contribution in [3.63, 3.8) is 0 Å². The number of aromatic nitrogens is 1. The van der Waals surface area contributed by atoms with Gasteiger partial charge in [-0.15, -0.1) is 0 Å². The van der Waals surface area contributed by atoms with Gasteiger partial charge in [-0.05, 0) is 49.3 Å². The van der Waals surface area contributed by atoms with Crippen molar-refractivity contribution in [1.82, 2.24) is 9.88 Å². The van der Waals surface area contributed by atoms with Crippen molar-refractivity contribution in [2.75, 3.05) is 13.7 Å². The predicted molar refractivity (Wildman–Crippen MR) is 80.8 cm³/mol. The van der Waals surface area contributed by atoms with E-state index in [1.54, 1.807) is 0 Å². The van der Waals surface area contributed by atoms with Gasteiger partial charge in [0.15, 0.2) is 0 Å². The van der Waals surface area contributed by atoms with Gasteiger partial charge in [-0.2, -0.15) is 0 Å². The lowest BCUT2D eigenvalue weighted by Gasteiger charge is -2.33. The third kappa shape index (κ3) is 3.10. The van der Waals surface area contributed by atoms with E-state index >= 15 is 0 Å². The van der Waals surface area contributed by atoms with E-state index in [9.17, 15) is 4.79 Å². The van der Waals surface area contributed by atoms with Crippen molar-refractivity contribution >= 4 is 5.97 Å². The summed E-state index contributed by atoms with van der Waals surface area (Å²) in [7, 11) is 1.51. The highest BCUT2D eigenvalue weighted by Crippen LogP contribution is 2.40. The standard InChI is InChI=1S/C17H24N2O2/c1-21-17(20)16-12-14-4-2-3-5-15(14)19(16)11-8-13-6-9-18-10-7-13/h6-7,9-10,14-16H,2-5,8,11-12H2,1H3. The van der Waals surface area contributed by atoms with Crippen LogP contribution in [0.15, 0.2) is 24.5 Å². The van der Waals surface area contributed by atoms with E-state index in [1.165, 1.54) is 38.4 Å². The molecule has 4 heteroatoms. The Morgan fingerprint density at radius 3 is 2.86 bits per heavy atom. The lowest BCUT2D eigenvalue weighted by atomic mass is 9.84. The minimum Gasteiger partial charge on any atom is -0.468 e. The normalized spacial score (nSPS) is 29.1. The first kappa shape index (κ1) is 14.5. The lowest BCUT2D eigenvalue weighted by Crippen LogP contribution is -2.43. The third-order valence-electron chi connectivity index (χ3n) is 5.10. The minimum atomic E-state index is -0.0564. The first-order valence-electron chi connectivity index (χ1n) is 8.02. The molecule has 0 aromatic carbocycles. The van der Waals surface area contributed by atoms with Gasteiger partial charge in [0.05, 0.1) is 7.11 Å². The molecule has 1 aromatic heterocycles. The number of methoxy groups -OCH3 is 1. The zero-order chi connectivity index (χ0) is 14.7. The number of likely N-dealkylation sites (tertiary alicyclic amines) is 1. The molecule has 2 heterocycles. The third-order valence-corrected chi connectivity index (χ3v) is 5.10. The highest BCUT2D eigenvalue weighted by atomic mass is 16.5. The summed E-state index contributed by atoms with van der Waals surface area (Å²) in [6, 6.07) is 4.65. The van der Waals surface area contributed by atoms with Crippen molar-refractivity contribution in [2.24, 2.45) is 5.92 Å². The molecule has 0 spiro atoms. The summed E-state index contributed by atoms with van der Waals surface area (Å²) < 4.78 is 5.03. The molecule has 21 heavy (non-hydrogen) atoms. The van der Waals surface area contributed by atoms with Crippen molar-refractivity contribution in [3.05, 3.63) is 30.1 Å². The van der Waals surface area contributed by atoms with Crippen LogP contribution in [0.2, 0.25) is 0 Å². The van der Waals surface area contributed by atoms with Crippen molar-refractivity contribution < 1.29 is 9.53 Å². The molecule has 1 saturated carbocycles. The fourth-order valence-electron chi connectivity index (χ4n) is 4.05. The van der Waals surface area contributed by atoms with Crippen LogP contribution in [0.5, 0.6) is 0 Å². The van der Waals surface area contributed by atoms with Crippen LogP contribution in [-0.2, 0) is 16.0 Å². The van der Waals surface area contributed by atoms with Gasteiger partial charge in [-0.1, -0.05) is 12.8 Å². The number of rotatable bonds is 4. The van der Waals surface area contributed by atoms with Gasteiger partial charge < -0.3 is 4.74 Å². The fraction of sp³-hybridized carbons (Fsp3) is 0.647. The second kappa shape index (κ2) is 6.56. The summed E-state index contributed by atoms with van der Waals surface area (Å²) in [4.78, 5) is 18.6. The van der Waals surface area contributed by atoms with Crippen LogP contribution in [-0.4, -0.2) is 41.6 Å². The molecule has 3 unspecified atom stereocenters. The van der Waals surface area contributed by atoms with Crippen LogP contribution in [0.3, 0.4) is 0 Å². The van der Waals surface area contributed by atoms with Gasteiger partial charge in [-0.3, -0.25) is 14.7 Å². The fourth-order valence-corrected chi connectivity index (χ4v) is 4.05. The van der Waals surface area contributed by atoms with Crippen LogP contribution in [0, 0.1) is 5.92 Å². The van der Waals surface area contributed by atoms with E-state index in [0.29, 0.717) is 12.0 Å². The quantitative estimate of drug-likeness (QED) is 0.798. The highest BCUT2D eigenvalue weighted by Gasteiger charge is 2.45. The summed E-state index contributed by atoms with van der Waals surface area (Å²) in [6.07, 6.45) is 10.7. The van der Waals surface area contributed by atoms with Crippen LogP contribution in [0.4, 0.5) is 0 Å². The minimum absolute atomic E-state index is 0.0371. The Morgan fingerprint density at radius 2 is 2.10 bits per heavy atom. The van der Waals surface area contributed by atoms with Gasteiger partial charge >= 0.3 is 5.97 Å². The van der Waals surface area contributed by atoms with Gasteiger partial charge in [-0.25, -0.2) is 0 Å². The molecule has 3 atom stereocenters. The average molecular weight is 288 g/mol. The molecule has 1 aliphatic heterocycles. The lowest BCUT2D eigenvalue weighted by molar-refractivity contribution is -0.146. The van der Waals surface area contributed by atoms with E-state index in [4.69, 9.17) is 4.74 Å². The zero-order valence-corrected chi connectivity index (χ0v) is 12.7. The highest BCUT2D eigenvalue weighted by molar-refractivity contribution is 5.76. The maximum atomic E-state index is 12.1. The van der Waals surface area contributed by atoms with E-state index in [2.05, 4.69) is 22.0 Å². The number of nitrogens with zero attached hydrogens (tertiary/aromatic N) is 2. The number of hydrogen-bond donors (Lipinski definition) is 0. The van der Waals surface area contributed by atoms with Crippen molar-refractivity contribution in [1.29, 1.82) is 0 Å². The Hall–Kier alpha value is -1.42. The number of carbonyl (C=O) groups is 1. The summed E-state index contributed by atoms with van der Waals surface area (Å²) in [5.74, 6) is 0.624. The monoisotopic (exact) mass is 288 g/mol. The number of ether oxygens (including phenoxy) is 1. The molecule has 4 nitrogen and oxygen atoms in total. The smallest absolute Gasteiger partial charge is 0.323 e. The topological polar surface area (TPSA) is 42.4 Å². The summed E-state index contributed by atoms with van der Waals surface area (Å²) in [6.45, 7) is 0.935. The van der Waals surface area contributed by atoms with E-state index in [0.717, 1.165) is 19.4 Å². The van der Waals surface area contributed by atoms with Crippen LogP contribution >= 0.6 is 0 Å². The number of pyridine rings is 1. The largest absolute Gasteiger partial charge is 0.468 e. The summed E-state index contributed by atoms with van der Waals surface area (Å²) >= 11 is 0. The molecule has 3 rings (SSSR count). The number of esters is 1. The van der Waals surface area contributed by atoms with Gasteiger partial charge in [0.25, 0.3) is 0 Å². The molecule has 0 amide bonds. The SMILES string of the molecule is COC(=O)C1CC2CCCCC2N1CCc1ccncc1. The Bertz CT molecular complexity index is 477. The number of hydrogen-bond acceptors (Lipinski definition) is 4. The molecule has 114 valence electrons. The maximum absolute atomic E-state index is 12.1. The number of carbonyl (C=O) groups excluding carboxylic acids is 1. The predicted octanol–water partition coefficient (Wildman–Crippen LogP) is 2.43. The Kier molecular flexibility index (Phi) is 4.54. The molecule has 0 bridgehead atoms. The molecular formula is C17H24N2O2. The molecule has 0 N–H and O–H groups in total. The Morgan fingerprint density at radius 1 is 1.33 bits per heavy atom. The molecular weight excluding hydrogens is 264 g/mol. The molecule has 1 aromatic rings. The molecule has 2 fully saturated rings. The van der Waals surface area contributed by atoms with Gasteiger partial charge in [0.2, 0.25) is 0 Å². The summed E-state index contributed by atoms with van der Waals surface area (Å²) in [5.41, 5.74) is 1.29. The second-order valence-corrected chi connectivity index (χ2v) is 6.23. The molecule has 2 aliphatic rings. The number of fused-ring (bicyclic) bond motifs is 1.